The first-order chi connectivity index (χ1) is 13.3. The van der Waals surface area contributed by atoms with Crippen molar-refractivity contribution in [2.24, 2.45) is 22.2 Å². The Morgan fingerprint density at radius 2 is 2.00 bits per heavy atom. The van der Waals surface area contributed by atoms with E-state index >= 15 is 0 Å². The summed E-state index contributed by atoms with van der Waals surface area (Å²) in [7, 11) is 0. The van der Waals surface area contributed by atoms with Crippen LogP contribution in [-0.2, 0) is 11.3 Å². The topological polar surface area (TPSA) is 36.9 Å². The molecular formula is C23H36IN3O. The fraction of sp³-hybridized carbons (Fsp3) is 0.696. The van der Waals surface area contributed by atoms with Crippen molar-refractivity contribution >= 4 is 29.9 Å². The summed E-state index contributed by atoms with van der Waals surface area (Å²) in [6.45, 7) is 7.88. The summed E-state index contributed by atoms with van der Waals surface area (Å²) in [5, 5.41) is 3.54. The SMILES string of the molecule is CCNC(=NCC1(C2CC2)CCC1)N1CCC(COCc2ccccc2)C1.I. The minimum atomic E-state index is 0. The van der Waals surface area contributed by atoms with Crippen LogP contribution in [0.2, 0.25) is 0 Å². The predicted octanol–water partition coefficient (Wildman–Crippen LogP) is 4.69. The Hall–Kier alpha value is -0.820. The molecular weight excluding hydrogens is 461 g/mol. The molecule has 1 saturated heterocycles. The Bertz CT molecular complexity index is 628. The Kier molecular flexibility index (Phi) is 8.03. The molecule has 1 N–H and O–H groups in total. The molecule has 1 aromatic carbocycles. The van der Waals surface area contributed by atoms with E-state index in [1.165, 1.54) is 44.1 Å². The van der Waals surface area contributed by atoms with Crippen molar-refractivity contribution < 1.29 is 4.74 Å². The first kappa shape index (κ1) is 21.9. The largest absolute Gasteiger partial charge is 0.376 e. The monoisotopic (exact) mass is 497 g/mol. The second kappa shape index (κ2) is 10.3. The first-order valence-electron chi connectivity index (χ1n) is 10.9. The van der Waals surface area contributed by atoms with Crippen LogP contribution in [0, 0.1) is 17.3 Å². The molecule has 0 amide bonds. The molecule has 0 radical (unpaired) electrons. The van der Waals surface area contributed by atoms with E-state index < -0.39 is 0 Å². The molecule has 1 unspecified atom stereocenters. The van der Waals surface area contributed by atoms with Crippen LogP contribution in [0.5, 0.6) is 0 Å². The van der Waals surface area contributed by atoms with Gasteiger partial charge in [0.2, 0.25) is 0 Å². The van der Waals surface area contributed by atoms with Crippen molar-refractivity contribution in [2.75, 3.05) is 32.8 Å². The van der Waals surface area contributed by atoms with Gasteiger partial charge in [-0.1, -0.05) is 36.8 Å². The number of ether oxygens (including phenoxy) is 1. The van der Waals surface area contributed by atoms with Gasteiger partial charge in [0.25, 0.3) is 0 Å². The molecule has 3 aliphatic rings. The number of halogens is 1. The molecule has 0 bridgehead atoms. The summed E-state index contributed by atoms with van der Waals surface area (Å²) in [5.41, 5.74) is 1.81. The lowest BCUT2D eigenvalue weighted by molar-refractivity contribution is 0.0905. The van der Waals surface area contributed by atoms with Gasteiger partial charge in [-0.25, -0.2) is 0 Å². The lowest BCUT2D eigenvalue weighted by atomic mass is 9.65. The second-order valence-corrected chi connectivity index (χ2v) is 8.76. The zero-order valence-electron chi connectivity index (χ0n) is 17.2. The number of hydrogen-bond donors (Lipinski definition) is 1. The average molecular weight is 497 g/mol. The molecule has 2 saturated carbocycles. The minimum Gasteiger partial charge on any atom is -0.376 e. The summed E-state index contributed by atoms with van der Waals surface area (Å²) in [5.74, 6) is 2.71. The van der Waals surface area contributed by atoms with E-state index in [0.717, 1.165) is 51.3 Å². The molecule has 4 nitrogen and oxygen atoms in total. The average Bonchev–Trinajstić information content (AvgIpc) is 3.39. The van der Waals surface area contributed by atoms with E-state index in [1.807, 2.05) is 0 Å². The van der Waals surface area contributed by atoms with E-state index in [1.54, 1.807) is 0 Å². The second-order valence-electron chi connectivity index (χ2n) is 8.76. The molecule has 0 spiro atoms. The molecule has 2 aliphatic carbocycles. The minimum absolute atomic E-state index is 0. The van der Waals surface area contributed by atoms with Crippen LogP contribution < -0.4 is 5.32 Å². The maximum atomic E-state index is 5.99. The van der Waals surface area contributed by atoms with E-state index in [4.69, 9.17) is 9.73 Å². The van der Waals surface area contributed by atoms with Gasteiger partial charge in [0.15, 0.2) is 5.96 Å². The summed E-state index contributed by atoms with van der Waals surface area (Å²) < 4.78 is 5.99. The van der Waals surface area contributed by atoms with Crippen LogP contribution >= 0.6 is 24.0 Å². The molecule has 4 rings (SSSR count). The Morgan fingerprint density at radius 3 is 2.64 bits per heavy atom. The number of hydrogen-bond acceptors (Lipinski definition) is 2. The highest BCUT2D eigenvalue weighted by atomic mass is 127. The van der Waals surface area contributed by atoms with Crippen LogP contribution in [0.25, 0.3) is 0 Å². The molecule has 5 heteroatoms. The van der Waals surface area contributed by atoms with Crippen molar-refractivity contribution in [2.45, 2.75) is 52.1 Å². The normalized spacial score (nSPS) is 23.8. The van der Waals surface area contributed by atoms with Crippen LogP contribution in [0.3, 0.4) is 0 Å². The van der Waals surface area contributed by atoms with Gasteiger partial charge in [0.1, 0.15) is 0 Å². The molecule has 28 heavy (non-hydrogen) atoms. The summed E-state index contributed by atoms with van der Waals surface area (Å²) in [6, 6.07) is 10.5. The molecule has 1 aliphatic heterocycles. The van der Waals surface area contributed by atoms with E-state index in [9.17, 15) is 0 Å². The highest BCUT2D eigenvalue weighted by Gasteiger charge is 2.48. The van der Waals surface area contributed by atoms with Crippen molar-refractivity contribution in [3.63, 3.8) is 0 Å². The fourth-order valence-electron chi connectivity index (χ4n) is 4.76. The van der Waals surface area contributed by atoms with Crippen LogP contribution in [0.1, 0.15) is 51.0 Å². The number of likely N-dealkylation sites (tertiary alicyclic amines) is 1. The third kappa shape index (κ3) is 5.41. The summed E-state index contributed by atoms with van der Waals surface area (Å²) in [6.07, 6.45) is 8.29. The van der Waals surface area contributed by atoms with Crippen molar-refractivity contribution in [1.82, 2.24) is 10.2 Å². The summed E-state index contributed by atoms with van der Waals surface area (Å²) >= 11 is 0. The van der Waals surface area contributed by atoms with Gasteiger partial charge in [-0.05, 0) is 55.9 Å². The molecule has 1 atom stereocenters. The van der Waals surface area contributed by atoms with Crippen LogP contribution in [0.4, 0.5) is 0 Å². The number of nitrogens with one attached hydrogen (secondary N) is 1. The van der Waals surface area contributed by atoms with Crippen molar-refractivity contribution in [3.05, 3.63) is 35.9 Å². The zero-order chi connectivity index (χ0) is 18.5. The number of guanidine groups is 1. The summed E-state index contributed by atoms with van der Waals surface area (Å²) in [4.78, 5) is 7.56. The van der Waals surface area contributed by atoms with Gasteiger partial charge >= 0.3 is 0 Å². The standard InChI is InChI=1S/C23H35N3O.HI/c1-2-24-22(25-18-23(12-6-13-23)21-9-10-21)26-14-11-20(15-26)17-27-16-19-7-4-3-5-8-19;/h3-5,7-8,20-21H,2,6,9-18H2,1H3,(H,24,25);1H. The van der Waals surface area contributed by atoms with Gasteiger partial charge in [-0.2, -0.15) is 0 Å². The maximum Gasteiger partial charge on any atom is 0.193 e. The molecule has 156 valence electrons. The van der Waals surface area contributed by atoms with Gasteiger partial charge in [0, 0.05) is 32.1 Å². The molecule has 1 aromatic rings. The number of aliphatic imine (C=N–C) groups is 1. The highest BCUT2D eigenvalue weighted by molar-refractivity contribution is 14.0. The first-order valence-corrected chi connectivity index (χ1v) is 10.9. The number of nitrogens with zero attached hydrogens (tertiary/aromatic N) is 2. The van der Waals surface area contributed by atoms with Crippen molar-refractivity contribution in [1.29, 1.82) is 0 Å². The lowest BCUT2D eigenvalue weighted by Gasteiger charge is -2.41. The van der Waals surface area contributed by atoms with E-state index in [0.29, 0.717) is 11.3 Å². The third-order valence-electron chi connectivity index (χ3n) is 6.72. The highest BCUT2D eigenvalue weighted by Crippen LogP contribution is 2.57. The third-order valence-corrected chi connectivity index (χ3v) is 6.72. The van der Waals surface area contributed by atoms with Crippen LogP contribution in [0.15, 0.2) is 35.3 Å². The Balaban J connectivity index is 0.00000225. The fourth-order valence-corrected chi connectivity index (χ4v) is 4.76. The smallest absolute Gasteiger partial charge is 0.193 e. The van der Waals surface area contributed by atoms with Crippen LogP contribution in [-0.4, -0.2) is 43.6 Å². The van der Waals surface area contributed by atoms with E-state index in [2.05, 4.69) is 47.5 Å². The van der Waals surface area contributed by atoms with Gasteiger partial charge < -0.3 is 15.0 Å². The maximum absolute atomic E-state index is 5.99. The van der Waals surface area contributed by atoms with Gasteiger partial charge in [-0.15, -0.1) is 24.0 Å². The lowest BCUT2D eigenvalue weighted by Crippen LogP contribution is -2.42. The van der Waals surface area contributed by atoms with Crippen molar-refractivity contribution in [3.8, 4) is 0 Å². The zero-order valence-corrected chi connectivity index (χ0v) is 19.6. The number of rotatable bonds is 8. The molecule has 0 aromatic heterocycles. The van der Waals surface area contributed by atoms with Gasteiger partial charge in [-0.3, -0.25) is 4.99 Å². The predicted molar refractivity (Wildman–Crippen MR) is 126 cm³/mol. The molecule has 1 heterocycles. The van der Waals surface area contributed by atoms with Gasteiger partial charge in [0.05, 0.1) is 13.2 Å². The Labute approximate surface area is 187 Å². The van der Waals surface area contributed by atoms with E-state index in [-0.39, 0.29) is 24.0 Å². The number of benzene rings is 1. The molecule has 3 fully saturated rings. The Morgan fingerprint density at radius 1 is 1.21 bits per heavy atom. The quantitative estimate of drug-likeness (QED) is 0.322.